The molecule has 0 aromatic heterocycles. The summed E-state index contributed by atoms with van der Waals surface area (Å²) in [5, 5.41) is 11.0. The smallest absolute Gasteiger partial charge is 0.146 e. The number of ketones is 1. The third-order valence-electron chi connectivity index (χ3n) is 8.34. The maximum Gasteiger partial charge on any atom is 0.146 e. The molecule has 0 aliphatic heterocycles. The lowest BCUT2D eigenvalue weighted by Gasteiger charge is -2.56. The average molecular weight is 397 g/mol. The zero-order chi connectivity index (χ0) is 16.9. The first-order chi connectivity index (χ1) is 11.5. The SMILES string of the molecule is C[C@@]1(O)CC[C@H]2[C@@H](CC[C@@H]3[C@@H]2CC[C@H]2[C@H]3CCC[C@@H]2C(=O)CBr)C1. The summed E-state index contributed by atoms with van der Waals surface area (Å²) in [7, 11) is 0. The number of fused-ring (bicyclic) bond motifs is 5. The van der Waals surface area contributed by atoms with Gasteiger partial charge in [0.2, 0.25) is 0 Å². The zero-order valence-corrected chi connectivity index (χ0v) is 16.6. The van der Waals surface area contributed by atoms with Crippen molar-refractivity contribution in [3.63, 3.8) is 0 Å². The van der Waals surface area contributed by atoms with Crippen molar-refractivity contribution in [3.8, 4) is 0 Å². The second-order valence-corrected chi connectivity index (χ2v) is 10.2. The minimum atomic E-state index is -0.413. The fourth-order valence-corrected chi connectivity index (χ4v) is 7.86. The number of hydrogen-bond acceptors (Lipinski definition) is 2. The van der Waals surface area contributed by atoms with E-state index >= 15 is 0 Å². The zero-order valence-electron chi connectivity index (χ0n) is 15.1. The molecule has 0 unspecified atom stereocenters. The number of Topliss-reactive ketones (excluding diaryl/α,β-unsaturated/α-hetero) is 1. The molecule has 0 bridgehead atoms. The molecule has 3 heteroatoms. The molecule has 4 saturated carbocycles. The van der Waals surface area contributed by atoms with Gasteiger partial charge in [-0.15, -0.1) is 0 Å². The third-order valence-corrected chi connectivity index (χ3v) is 8.89. The number of alkyl halides is 1. The molecule has 4 aliphatic rings. The Morgan fingerprint density at radius 2 is 1.62 bits per heavy atom. The van der Waals surface area contributed by atoms with Crippen LogP contribution in [-0.4, -0.2) is 21.8 Å². The second kappa shape index (κ2) is 6.68. The normalized spacial score (nSPS) is 51.2. The highest BCUT2D eigenvalue weighted by Crippen LogP contribution is 2.59. The Morgan fingerprint density at radius 1 is 0.958 bits per heavy atom. The van der Waals surface area contributed by atoms with Gasteiger partial charge in [-0.05, 0) is 100 Å². The van der Waals surface area contributed by atoms with E-state index in [-0.39, 0.29) is 0 Å². The van der Waals surface area contributed by atoms with Gasteiger partial charge in [-0.1, -0.05) is 22.4 Å². The third kappa shape index (κ3) is 3.02. The van der Waals surface area contributed by atoms with Crippen LogP contribution in [0.3, 0.4) is 0 Å². The summed E-state index contributed by atoms with van der Waals surface area (Å²) in [6.07, 6.45) is 12.3. The summed E-state index contributed by atoms with van der Waals surface area (Å²) in [5.74, 6) is 5.67. The monoisotopic (exact) mass is 396 g/mol. The van der Waals surface area contributed by atoms with Gasteiger partial charge in [0.05, 0.1) is 10.9 Å². The van der Waals surface area contributed by atoms with E-state index in [9.17, 15) is 9.90 Å². The van der Waals surface area contributed by atoms with Crippen molar-refractivity contribution in [3.05, 3.63) is 0 Å². The predicted octanol–water partition coefficient (Wildman–Crippen LogP) is 4.97. The molecule has 4 fully saturated rings. The highest BCUT2D eigenvalue weighted by atomic mass is 79.9. The first kappa shape index (κ1) is 17.5. The van der Waals surface area contributed by atoms with E-state index in [0.29, 0.717) is 22.9 Å². The van der Waals surface area contributed by atoms with Gasteiger partial charge in [-0.2, -0.15) is 0 Å². The highest BCUT2D eigenvalue weighted by molar-refractivity contribution is 9.09. The quantitative estimate of drug-likeness (QED) is 0.668. The molecular formula is C21H33BrO2. The van der Waals surface area contributed by atoms with E-state index in [2.05, 4.69) is 15.9 Å². The lowest BCUT2D eigenvalue weighted by atomic mass is 9.49. The second-order valence-electron chi connectivity index (χ2n) is 9.61. The van der Waals surface area contributed by atoms with Crippen molar-refractivity contribution in [2.75, 3.05) is 5.33 Å². The number of carbonyl (C=O) groups excluding carboxylic acids is 1. The first-order valence-corrected chi connectivity index (χ1v) is 11.4. The van der Waals surface area contributed by atoms with Gasteiger partial charge in [0.25, 0.3) is 0 Å². The number of halogens is 1. The molecule has 24 heavy (non-hydrogen) atoms. The summed E-state index contributed by atoms with van der Waals surface area (Å²) in [5.41, 5.74) is -0.413. The molecule has 8 atom stereocenters. The Morgan fingerprint density at radius 3 is 2.42 bits per heavy atom. The van der Waals surface area contributed by atoms with Crippen LogP contribution in [0.25, 0.3) is 0 Å². The lowest BCUT2D eigenvalue weighted by Crippen LogP contribution is -2.50. The Bertz CT molecular complexity index is 488. The first-order valence-electron chi connectivity index (χ1n) is 10.3. The fourth-order valence-electron chi connectivity index (χ4n) is 7.44. The summed E-state index contributed by atoms with van der Waals surface area (Å²) < 4.78 is 0. The van der Waals surface area contributed by atoms with E-state index in [1.54, 1.807) is 0 Å². The molecule has 1 N–H and O–H groups in total. The molecule has 136 valence electrons. The van der Waals surface area contributed by atoms with Crippen LogP contribution in [0, 0.1) is 41.4 Å². The van der Waals surface area contributed by atoms with Gasteiger partial charge in [-0.25, -0.2) is 0 Å². The van der Waals surface area contributed by atoms with Gasteiger partial charge in [0.15, 0.2) is 0 Å². The predicted molar refractivity (Wildman–Crippen MR) is 100 cm³/mol. The molecule has 0 amide bonds. The summed E-state index contributed by atoms with van der Waals surface area (Å²) in [4.78, 5) is 12.4. The Kier molecular flexibility index (Phi) is 4.88. The molecule has 0 radical (unpaired) electrons. The number of carbonyl (C=O) groups is 1. The number of rotatable bonds is 2. The number of hydrogen-bond donors (Lipinski definition) is 1. The fraction of sp³-hybridized carbons (Fsp3) is 0.952. The van der Waals surface area contributed by atoms with Crippen LogP contribution >= 0.6 is 15.9 Å². The summed E-state index contributed by atoms with van der Waals surface area (Å²) >= 11 is 3.42. The van der Waals surface area contributed by atoms with Crippen LogP contribution < -0.4 is 0 Å². The topological polar surface area (TPSA) is 37.3 Å². The highest BCUT2D eigenvalue weighted by Gasteiger charge is 2.52. The summed E-state index contributed by atoms with van der Waals surface area (Å²) in [6.45, 7) is 2.05. The van der Waals surface area contributed by atoms with Crippen LogP contribution in [0.4, 0.5) is 0 Å². The van der Waals surface area contributed by atoms with Crippen molar-refractivity contribution in [1.82, 2.24) is 0 Å². The van der Waals surface area contributed by atoms with E-state index in [1.807, 2.05) is 6.92 Å². The van der Waals surface area contributed by atoms with Crippen molar-refractivity contribution >= 4 is 21.7 Å². The van der Waals surface area contributed by atoms with Crippen LogP contribution in [-0.2, 0) is 4.79 Å². The van der Waals surface area contributed by atoms with Crippen LogP contribution in [0.2, 0.25) is 0 Å². The Labute approximate surface area is 155 Å². The molecule has 2 nitrogen and oxygen atoms in total. The van der Waals surface area contributed by atoms with Crippen molar-refractivity contribution < 1.29 is 9.90 Å². The molecule has 4 aliphatic carbocycles. The van der Waals surface area contributed by atoms with Crippen molar-refractivity contribution in [2.24, 2.45) is 41.4 Å². The maximum absolute atomic E-state index is 12.4. The van der Waals surface area contributed by atoms with Crippen LogP contribution in [0.5, 0.6) is 0 Å². The minimum Gasteiger partial charge on any atom is -0.390 e. The largest absolute Gasteiger partial charge is 0.390 e. The van der Waals surface area contributed by atoms with E-state index in [4.69, 9.17) is 0 Å². The lowest BCUT2D eigenvalue weighted by molar-refractivity contribution is -0.130. The minimum absolute atomic E-state index is 0.342. The molecule has 0 spiro atoms. The van der Waals surface area contributed by atoms with Gasteiger partial charge in [-0.3, -0.25) is 4.79 Å². The molecule has 0 saturated heterocycles. The van der Waals surface area contributed by atoms with Gasteiger partial charge >= 0.3 is 0 Å². The number of aliphatic hydroxyl groups is 1. The average Bonchev–Trinajstić information content (AvgIpc) is 2.58. The van der Waals surface area contributed by atoms with Crippen LogP contribution in [0.1, 0.15) is 71.1 Å². The maximum atomic E-state index is 12.4. The van der Waals surface area contributed by atoms with Crippen molar-refractivity contribution in [2.45, 2.75) is 76.7 Å². The summed E-state index contributed by atoms with van der Waals surface area (Å²) in [6, 6.07) is 0. The van der Waals surface area contributed by atoms with E-state index in [0.717, 1.165) is 48.9 Å². The Hall–Kier alpha value is 0.110. The van der Waals surface area contributed by atoms with Gasteiger partial charge < -0.3 is 5.11 Å². The Balaban J connectivity index is 1.51. The van der Waals surface area contributed by atoms with Crippen LogP contribution in [0.15, 0.2) is 0 Å². The standard InChI is InChI=1S/C21H33BrO2/c1-21(24)10-9-14-13(11-21)5-6-17-15-3-2-4-19(20(23)12-22)18(15)8-7-16(14)17/h13-19,24H,2-12H2,1H3/t13-,14-,15-,16+,17-,18-,19-,21+/m0/s1. The molecule has 0 aromatic rings. The molecule has 0 heterocycles. The van der Waals surface area contributed by atoms with E-state index in [1.165, 1.54) is 44.9 Å². The molecule has 0 aromatic carbocycles. The van der Waals surface area contributed by atoms with Crippen molar-refractivity contribution in [1.29, 1.82) is 0 Å². The van der Waals surface area contributed by atoms with Gasteiger partial charge in [0, 0.05) is 5.92 Å². The molecule has 4 rings (SSSR count). The van der Waals surface area contributed by atoms with E-state index < -0.39 is 5.60 Å². The van der Waals surface area contributed by atoms with Gasteiger partial charge in [0.1, 0.15) is 5.78 Å². The molecular weight excluding hydrogens is 364 g/mol.